The van der Waals surface area contributed by atoms with Crippen LogP contribution in [0.25, 0.3) is 154 Å². The van der Waals surface area contributed by atoms with E-state index in [0.29, 0.717) is 0 Å². The summed E-state index contributed by atoms with van der Waals surface area (Å²) in [6.45, 7) is 5.12. The monoisotopic (exact) mass is 886 g/mol. The molecule has 0 nitrogen and oxygen atoms in total. The fraction of sp³-hybridized carbons (Fsp3) is 0.0294. The van der Waals surface area contributed by atoms with Gasteiger partial charge in [0.25, 0.3) is 0 Å². The molecule has 0 spiro atoms. The lowest BCUT2D eigenvalue weighted by molar-refractivity contribution is 1.68. The second-order valence-electron chi connectivity index (χ2n) is 20.2. The topological polar surface area (TPSA) is 0 Å². The van der Waals surface area contributed by atoms with Crippen LogP contribution in [0, 0.1) is 0 Å². The first-order valence-electron chi connectivity index (χ1n) is 24.4. The minimum absolute atomic E-state index is 1.23. The summed E-state index contributed by atoms with van der Waals surface area (Å²) in [5.74, 6) is 0. The van der Waals surface area contributed by atoms with Crippen LogP contribution in [-0.4, -0.2) is 8.07 Å². The minimum Gasteiger partial charge on any atom is -0.0623 e. The van der Waals surface area contributed by atoms with E-state index in [-0.39, 0.29) is 0 Å². The smallest absolute Gasteiger partial charge is 0.0623 e. The van der Waals surface area contributed by atoms with E-state index >= 15 is 0 Å². The van der Waals surface area contributed by atoms with Crippen molar-refractivity contribution in [3.63, 3.8) is 0 Å². The number of benzene rings is 13. The lowest BCUT2D eigenvalue weighted by atomic mass is 9.81. The number of hydrogen-bond donors (Lipinski definition) is 0. The van der Waals surface area contributed by atoms with Crippen molar-refractivity contribution in [2.24, 2.45) is 0 Å². The van der Waals surface area contributed by atoms with Gasteiger partial charge >= 0.3 is 0 Å². The molecule has 0 unspecified atom stereocenters. The average molecular weight is 887 g/mol. The predicted octanol–water partition coefficient (Wildman–Crippen LogP) is 17.7. The van der Waals surface area contributed by atoms with Gasteiger partial charge in [-0.15, -0.1) is 0 Å². The molecule has 0 aromatic heterocycles. The van der Waals surface area contributed by atoms with Crippen LogP contribution in [-0.2, 0) is 0 Å². The second kappa shape index (κ2) is 13.4. The minimum atomic E-state index is -2.10. The van der Waals surface area contributed by atoms with Crippen molar-refractivity contribution in [1.29, 1.82) is 0 Å². The van der Waals surface area contributed by atoms with Crippen molar-refractivity contribution < 1.29 is 0 Å². The van der Waals surface area contributed by atoms with Gasteiger partial charge in [-0.3, -0.25) is 0 Å². The van der Waals surface area contributed by atoms with Crippen LogP contribution in [0.5, 0.6) is 0 Å². The summed E-state index contributed by atoms with van der Waals surface area (Å²) < 4.78 is 0. The van der Waals surface area contributed by atoms with Crippen molar-refractivity contribution in [3.8, 4) is 89.0 Å². The second-order valence-corrected chi connectivity index (χ2v) is 24.5. The summed E-state index contributed by atoms with van der Waals surface area (Å²) in [7, 11) is -2.10. The molecule has 0 N–H and O–H groups in total. The maximum atomic E-state index is 2.67. The molecule has 3 aliphatic rings. The summed E-state index contributed by atoms with van der Waals surface area (Å²) >= 11 is 0. The molecule has 0 bridgehead atoms. The summed E-state index contributed by atoms with van der Waals surface area (Å²) in [5, 5.41) is 18.7. The van der Waals surface area contributed by atoms with Crippen LogP contribution in [0.15, 0.2) is 218 Å². The predicted molar refractivity (Wildman–Crippen MR) is 299 cm³/mol. The van der Waals surface area contributed by atoms with E-state index in [1.807, 2.05) is 0 Å². The van der Waals surface area contributed by atoms with Gasteiger partial charge in [0, 0.05) is 0 Å². The molecule has 0 atom stereocenters. The highest BCUT2D eigenvalue weighted by atomic mass is 28.3. The van der Waals surface area contributed by atoms with Crippen molar-refractivity contribution in [1.82, 2.24) is 0 Å². The molecule has 69 heavy (non-hydrogen) atoms. The highest BCUT2D eigenvalue weighted by molar-refractivity contribution is 7.04. The van der Waals surface area contributed by atoms with Crippen LogP contribution in [0.2, 0.25) is 13.1 Å². The van der Waals surface area contributed by atoms with Gasteiger partial charge in [-0.05, 0) is 182 Å². The molecule has 0 amide bonds. The van der Waals surface area contributed by atoms with E-state index in [9.17, 15) is 0 Å². The number of fused-ring (bicyclic) bond motifs is 14. The van der Waals surface area contributed by atoms with Gasteiger partial charge in [-0.2, -0.15) is 0 Å². The summed E-state index contributed by atoms with van der Waals surface area (Å²) in [6, 6.07) is 83.9. The highest BCUT2D eigenvalue weighted by Gasteiger charge is 2.38. The molecule has 16 rings (SSSR count). The Kier molecular flexibility index (Phi) is 7.33. The lowest BCUT2D eigenvalue weighted by Gasteiger charge is -2.24. The summed E-state index contributed by atoms with van der Waals surface area (Å²) in [4.78, 5) is 0. The van der Waals surface area contributed by atoms with Crippen molar-refractivity contribution in [2.75, 3.05) is 0 Å². The molecule has 0 saturated carbocycles. The Morgan fingerprint density at radius 3 is 1.35 bits per heavy atom. The maximum absolute atomic E-state index is 2.67. The Balaban J connectivity index is 1.10. The number of hydrogen-bond acceptors (Lipinski definition) is 0. The van der Waals surface area contributed by atoms with Gasteiger partial charge in [0.05, 0.1) is 0 Å². The lowest BCUT2D eigenvalue weighted by Crippen LogP contribution is -2.49. The van der Waals surface area contributed by atoms with Gasteiger partial charge in [-0.25, -0.2) is 0 Å². The summed E-state index contributed by atoms with van der Waals surface area (Å²) in [6.07, 6.45) is 0. The van der Waals surface area contributed by atoms with Crippen LogP contribution in [0.1, 0.15) is 0 Å². The van der Waals surface area contributed by atoms with Crippen molar-refractivity contribution in [3.05, 3.63) is 218 Å². The Labute approximate surface area is 401 Å². The van der Waals surface area contributed by atoms with Gasteiger partial charge in [0.15, 0.2) is 0 Å². The van der Waals surface area contributed by atoms with Gasteiger partial charge in [0.2, 0.25) is 0 Å². The zero-order chi connectivity index (χ0) is 45.3. The molecular formula is C68H42Si. The zero-order valence-electron chi connectivity index (χ0n) is 38.3. The van der Waals surface area contributed by atoms with E-state index in [1.165, 1.54) is 164 Å². The van der Waals surface area contributed by atoms with E-state index in [2.05, 4.69) is 231 Å². The van der Waals surface area contributed by atoms with Gasteiger partial charge < -0.3 is 0 Å². The fourth-order valence-corrected chi connectivity index (χ4v) is 16.6. The molecule has 1 aliphatic heterocycles. The van der Waals surface area contributed by atoms with Gasteiger partial charge in [0.1, 0.15) is 8.07 Å². The van der Waals surface area contributed by atoms with E-state index < -0.39 is 8.07 Å². The Morgan fingerprint density at radius 2 is 0.696 bits per heavy atom. The first kappa shape index (κ1) is 37.7. The third-order valence-electron chi connectivity index (χ3n) is 16.5. The molecule has 1 heterocycles. The Morgan fingerprint density at radius 1 is 0.232 bits per heavy atom. The zero-order valence-corrected chi connectivity index (χ0v) is 39.3. The largest absolute Gasteiger partial charge is 0.113 e. The van der Waals surface area contributed by atoms with Crippen LogP contribution in [0.4, 0.5) is 0 Å². The maximum Gasteiger partial charge on any atom is 0.113 e. The molecule has 13 aromatic carbocycles. The van der Waals surface area contributed by atoms with Crippen LogP contribution >= 0.6 is 0 Å². The first-order chi connectivity index (χ1) is 34.0. The standard InChI is InChI=1S/C68H42Si/c1-69(2)63-28-12-11-23-48(63)59-37-61-62(38-64(59)69)68(56-34-32-54-46-21-9-7-19-44(46)50-25-14-27-52(56)66(50)54)60-36-40(58-35-39-15-3-4-16-41(39)42-17-5-10-22-47(42)58)29-30-57(60)67(61)55-33-31-53-45-20-8-6-18-43(45)49-24-13-26-51(55)65(49)53/h3-38H,1-2H3. The van der Waals surface area contributed by atoms with E-state index in [0.717, 1.165) is 0 Å². The van der Waals surface area contributed by atoms with Gasteiger partial charge in [-0.1, -0.05) is 213 Å². The molecular weight excluding hydrogens is 845 g/mol. The molecule has 0 saturated heterocycles. The average Bonchev–Trinajstić information content (AvgIpc) is 3.99. The third-order valence-corrected chi connectivity index (χ3v) is 20.1. The number of rotatable bonds is 3. The SMILES string of the molecule is C[Si]1(C)c2ccccc2-c2cc3c(-c4ccc5c6c(cccc46)-c4ccccc4-5)c4ccc(-c5cc6ccccc6c6ccccc56)cc4c(-c4ccc5c6c(cccc46)-c4ccccc4-5)c3cc21. The first-order valence-corrected chi connectivity index (χ1v) is 27.4. The van der Waals surface area contributed by atoms with Crippen molar-refractivity contribution >= 4 is 83.1 Å². The quantitative estimate of drug-likeness (QED) is 0.0942. The molecule has 0 radical (unpaired) electrons. The molecule has 318 valence electrons. The molecule has 2 aliphatic carbocycles. The van der Waals surface area contributed by atoms with E-state index in [1.54, 1.807) is 0 Å². The molecule has 1 heteroatoms. The molecule has 0 fully saturated rings. The van der Waals surface area contributed by atoms with Crippen LogP contribution in [0.3, 0.4) is 0 Å². The normalized spacial score (nSPS) is 13.5. The summed E-state index contributed by atoms with van der Waals surface area (Å²) in [5.41, 5.74) is 21.1. The van der Waals surface area contributed by atoms with E-state index in [4.69, 9.17) is 0 Å². The molecule has 13 aromatic rings. The van der Waals surface area contributed by atoms with Crippen molar-refractivity contribution in [2.45, 2.75) is 13.1 Å². The third kappa shape index (κ3) is 4.87. The Bertz CT molecular complexity index is 4450. The highest BCUT2D eigenvalue weighted by Crippen LogP contribution is 2.55. The van der Waals surface area contributed by atoms with Crippen LogP contribution < -0.4 is 10.4 Å². The Hall–Kier alpha value is -8.36. The fourth-order valence-electron chi connectivity index (χ4n) is 13.5.